The zero-order valence-corrected chi connectivity index (χ0v) is 11.1. The Balaban J connectivity index is 2.69. The summed E-state index contributed by atoms with van der Waals surface area (Å²) < 4.78 is 10.9. The van der Waals surface area contributed by atoms with Crippen LogP contribution < -0.4 is 5.32 Å². The molecule has 0 saturated carbocycles. The molecule has 4 nitrogen and oxygen atoms in total. The van der Waals surface area contributed by atoms with E-state index < -0.39 is 10.8 Å². The summed E-state index contributed by atoms with van der Waals surface area (Å²) in [5.74, 6) is 2.63. The molecule has 0 radical (unpaired) electrons. The number of nitrogens with one attached hydrogen (secondary N) is 1. The van der Waals surface area contributed by atoms with E-state index in [1.807, 2.05) is 13.0 Å². The Morgan fingerprint density at radius 1 is 1.44 bits per heavy atom. The average molecular weight is 241 g/mol. The number of aryl methyl sites for hydroxylation is 1. The van der Waals surface area contributed by atoms with Crippen LogP contribution in [0, 0.1) is 6.92 Å². The molecule has 0 aliphatic heterocycles. The minimum absolute atomic E-state index is 0.320. The maximum atomic E-state index is 10.9. The Morgan fingerprint density at radius 3 is 2.69 bits per heavy atom. The van der Waals surface area contributed by atoms with Crippen LogP contribution in [0.15, 0.2) is 6.07 Å². The van der Waals surface area contributed by atoms with Crippen molar-refractivity contribution in [1.82, 2.24) is 9.97 Å². The van der Waals surface area contributed by atoms with E-state index in [1.165, 1.54) is 0 Å². The van der Waals surface area contributed by atoms with Gasteiger partial charge in [0.2, 0.25) is 0 Å². The first-order valence-corrected chi connectivity index (χ1v) is 7.11. The molecule has 1 heterocycles. The molecule has 1 aromatic heterocycles. The number of hydrogen-bond acceptors (Lipinski definition) is 4. The molecule has 1 rings (SSSR count). The van der Waals surface area contributed by atoms with Crippen molar-refractivity contribution in [3.05, 3.63) is 17.6 Å². The molecule has 0 saturated heterocycles. The number of rotatable bonds is 5. The predicted molar refractivity (Wildman–Crippen MR) is 68.3 cm³/mol. The highest BCUT2D eigenvalue weighted by molar-refractivity contribution is 7.84. The van der Waals surface area contributed by atoms with Gasteiger partial charge in [-0.05, 0) is 6.92 Å². The molecule has 0 aliphatic rings. The Kier molecular flexibility index (Phi) is 4.86. The van der Waals surface area contributed by atoms with Crippen LogP contribution in [0.25, 0.3) is 0 Å². The highest BCUT2D eigenvalue weighted by Gasteiger charge is 2.05. The lowest BCUT2D eigenvalue weighted by Gasteiger charge is -2.09. The Bertz CT molecular complexity index is 379. The lowest BCUT2D eigenvalue weighted by atomic mass is 10.2. The normalized spacial score (nSPS) is 12.8. The molecule has 1 atom stereocenters. The lowest BCUT2D eigenvalue weighted by molar-refractivity contribution is 0.687. The van der Waals surface area contributed by atoms with Crippen LogP contribution in [-0.4, -0.2) is 32.7 Å². The molecular weight excluding hydrogens is 222 g/mol. The summed E-state index contributed by atoms with van der Waals surface area (Å²) in [6.45, 7) is 6.77. The van der Waals surface area contributed by atoms with Gasteiger partial charge < -0.3 is 5.32 Å². The molecule has 16 heavy (non-hydrogen) atoms. The van der Waals surface area contributed by atoms with Gasteiger partial charge in [-0.25, -0.2) is 9.97 Å². The zero-order chi connectivity index (χ0) is 12.1. The largest absolute Gasteiger partial charge is 0.369 e. The van der Waals surface area contributed by atoms with E-state index in [0.29, 0.717) is 18.2 Å². The van der Waals surface area contributed by atoms with Gasteiger partial charge in [0.25, 0.3) is 0 Å². The number of aromatic nitrogens is 2. The maximum absolute atomic E-state index is 10.9. The third-order valence-corrected chi connectivity index (χ3v) is 2.86. The Morgan fingerprint density at radius 2 is 2.12 bits per heavy atom. The van der Waals surface area contributed by atoms with E-state index in [-0.39, 0.29) is 0 Å². The predicted octanol–water partition coefficient (Wildman–Crippen LogP) is 1.70. The summed E-state index contributed by atoms with van der Waals surface area (Å²) in [5, 5.41) is 3.17. The second-order valence-corrected chi connectivity index (χ2v) is 5.67. The highest BCUT2D eigenvalue weighted by atomic mass is 32.2. The van der Waals surface area contributed by atoms with E-state index >= 15 is 0 Å². The Labute approximate surface area is 99.3 Å². The first-order valence-electron chi connectivity index (χ1n) is 5.38. The fraction of sp³-hybridized carbons (Fsp3) is 0.636. The van der Waals surface area contributed by atoms with Gasteiger partial charge in [0.1, 0.15) is 11.6 Å². The van der Waals surface area contributed by atoms with Crippen LogP contribution >= 0.6 is 0 Å². The summed E-state index contributed by atoms with van der Waals surface area (Å²) in [5.41, 5.74) is 0.957. The van der Waals surface area contributed by atoms with Crippen molar-refractivity contribution in [3.8, 4) is 0 Å². The summed E-state index contributed by atoms with van der Waals surface area (Å²) in [6, 6.07) is 1.91. The third kappa shape index (κ3) is 4.26. The molecule has 0 fully saturated rings. The highest BCUT2D eigenvalue weighted by Crippen LogP contribution is 2.13. The van der Waals surface area contributed by atoms with Crippen molar-refractivity contribution < 1.29 is 4.21 Å². The smallest absolute Gasteiger partial charge is 0.133 e. The van der Waals surface area contributed by atoms with Crippen molar-refractivity contribution in [1.29, 1.82) is 0 Å². The van der Waals surface area contributed by atoms with E-state index in [2.05, 4.69) is 29.1 Å². The monoisotopic (exact) mass is 241 g/mol. The molecule has 0 amide bonds. The van der Waals surface area contributed by atoms with E-state index in [9.17, 15) is 4.21 Å². The quantitative estimate of drug-likeness (QED) is 0.852. The number of nitrogens with zero attached hydrogens (tertiary/aromatic N) is 2. The molecule has 1 N–H and O–H groups in total. The fourth-order valence-corrected chi connectivity index (χ4v) is 1.65. The van der Waals surface area contributed by atoms with Gasteiger partial charge in [0.15, 0.2) is 0 Å². The van der Waals surface area contributed by atoms with Gasteiger partial charge >= 0.3 is 0 Å². The maximum Gasteiger partial charge on any atom is 0.133 e. The average Bonchev–Trinajstić information content (AvgIpc) is 2.16. The molecule has 0 bridgehead atoms. The molecule has 0 aromatic carbocycles. The van der Waals surface area contributed by atoms with Crippen LogP contribution in [0.5, 0.6) is 0 Å². The Hall–Kier alpha value is -0.970. The fourth-order valence-electron chi connectivity index (χ4n) is 1.26. The first-order chi connectivity index (χ1) is 7.49. The van der Waals surface area contributed by atoms with Crippen LogP contribution in [-0.2, 0) is 10.8 Å². The molecule has 1 aromatic rings. The summed E-state index contributed by atoms with van der Waals surface area (Å²) >= 11 is 0. The second-order valence-electron chi connectivity index (χ2n) is 4.11. The van der Waals surface area contributed by atoms with Crippen LogP contribution in [0.1, 0.15) is 31.3 Å². The van der Waals surface area contributed by atoms with Crippen LogP contribution in [0.3, 0.4) is 0 Å². The minimum atomic E-state index is -0.765. The van der Waals surface area contributed by atoms with E-state index in [4.69, 9.17) is 0 Å². The van der Waals surface area contributed by atoms with Gasteiger partial charge in [-0.2, -0.15) is 0 Å². The molecule has 0 spiro atoms. The number of anilines is 1. The lowest BCUT2D eigenvalue weighted by Crippen LogP contribution is -2.12. The van der Waals surface area contributed by atoms with Gasteiger partial charge in [-0.15, -0.1) is 0 Å². The van der Waals surface area contributed by atoms with Crippen molar-refractivity contribution in [2.45, 2.75) is 26.7 Å². The standard InChI is InChI=1S/C11H19N3OS/c1-8(2)11-13-9(3)7-10(14-11)12-5-6-16(4)15/h7-8H,5-6H2,1-4H3,(H,12,13,14). The molecule has 0 aliphatic carbocycles. The second kappa shape index (κ2) is 5.94. The van der Waals surface area contributed by atoms with Gasteiger partial charge in [0.05, 0.1) is 0 Å². The zero-order valence-electron chi connectivity index (χ0n) is 10.3. The van der Waals surface area contributed by atoms with Gasteiger partial charge in [0, 0.05) is 47.0 Å². The van der Waals surface area contributed by atoms with Crippen LogP contribution in [0.2, 0.25) is 0 Å². The van der Waals surface area contributed by atoms with E-state index in [1.54, 1.807) is 6.26 Å². The topological polar surface area (TPSA) is 54.9 Å². The van der Waals surface area contributed by atoms with Crippen molar-refractivity contribution >= 4 is 16.6 Å². The summed E-state index contributed by atoms with van der Waals surface area (Å²) in [6.07, 6.45) is 1.70. The van der Waals surface area contributed by atoms with Crippen molar-refractivity contribution in [2.24, 2.45) is 0 Å². The van der Waals surface area contributed by atoms with Gasteiger partial charge in [-0.3, -0.25) is 4.21 Å². The molecular formula is C11H19N3OS. The van der Waals surface area contributed by atoms with Gasteiger partial charge in [-0.1, -0.05) is 13.8 Å². The van der Waals surface area contributed by atoms with Crippen molar-refractivity contribution in [3.63, 3.8) is 0 Å². The number of hydrogen-bond donors (Lipinski definition) is 1. The molecule has 5 heteroatoms. The summed E-state index contributed by atoms with van der Waals surface area (Å²) in [7, 11) is -0.765. The van der Waals surface area contributed by atoms with Crippen molar-refractivity contribution in [2.75, 3.05) is 23.9 Å². The molecule has 90 valence electrons. The van der Waals surface area contributed by atoms with E-state index in [0.717, 1.165) is 17.3 Å². The minimum Gasteiger partial charge on any atom is -0.369 e. The summed E-state index contributed by atoms with van der Waals surface area (Å²) in [4.78, 5) is 8.77. The SMILES string of the molecule is Cc1cc(NCCS(C)=O)nc(C(C)C)n1. The molecule has 1 unspecified atom stereocenters. The van der Waals surface area contributed by atoms with Crippen LogP contribution in [0.4, 0.5) is 5.82 Å². The third-order valence-electron chi connectivity index (χ3n) is 2.08. The first kappa shape index (κ1) is 13.1.